The van der Waals surface area contributed by atoms with Crippen LogP contribution in [0.15, 0.2) is 36.5 Å². The van der Waals surface area contributed by atoms with E-state index >= 15 is 0 Å². The third-order valence-electron chi connectivity index (χ3n) is 5.60. The second-order valence-electron chi connectivity index (χ2n) is 8.49. The summed E-state index contributed by atoms with van der Waals surface area (Å²) in [6.07, 6.45) is 1.46. The summed E-state index contributed by atoms with van der Waals surface area (Å²) >= 11 is 6.13. The van der Waals surface area contributed by atoms with Crippen molar-refractivity contribution in [3.8, 4) is 11.8 Å². The van der Waals surface area contributed by atoms with Crippen LogP contribution >= 0.6 is 11.6 Å². The molecule has 1 fully saturated rings. The van der Waals surface area contributed by atoms with Crippen LogP contribution in [0.4, 0.5) is 0 Å². The van der Waals surface area contributed by atoms with E-state index in [0.717, 1.165) is 5.69 Å². The van der Waals surface area contributed by atoms with Gasteiger partial charge in [0.2, 0.25) is 0 Å². The molecule has 1 heterocycles. The molecule has 0 saturated heterocycles. The smallest absolute Gasteiger partial charge is 0.253 e. The molecule has 2 aromatic rings. The Balaban J connectivity index is 1.76. The van der Waals surface area contributed by atoms with Gasteiger partial charge in [-0.3, -0.25) is 9.78 Å². The number of hydrogen-bond donors (Lipinski definition) is 1. The molecule has 6 heteroatoms. The van der Waals surface area contributed by atoms with Crippen LogP contribution in [0.25, 0.3) is 0 Å². The van der Waals surface area contributed by atoms with Gasteiger partial charge in [0.05, 0.1) is 16.1 Å². The van der Waals surface area contributed by atoms with Crippen molar-refractivity contribution >= 4 is 17.5 Å². The van der Waals surface area contributed by atoms with Crippen LogP contribution in [0.5, 0.6) is 5.75 Å². The first-order valence-electron chi connectivity index (χ1n) is 9.17. The number of ether oxygens (including phenoxy) is 1. The van der Waals surface area contributed by atoms with E-state index in [2.05, 4.69) is 38.0 Å². The summed E-state index contributed by atoms with van der Waals surface area (Å²) in [6, 6.07) is 10.6. The molecule has 1 aromatic carbocycles. The lowest BCUT2D eigenvalue weighted by Crippen LogP contribution is -2.74. The average Bonchev–Trinajstić information content (AvgIpc) is 2.64. The zero-order chi connectivity index (χ0) is 20.7. The predicted molar refractivity (Wildman–Crippen MR) is 108 cm³/mol. The number of pyridine rings is 1. The molecular weight excluding hydrogens is 374 g/mol. The molecule has 1 saturated carbocycles. The van der Waals surface area contributed by atoms with E-state index in [1.54, 1.807) is 30.5 Å². The van der Waals surface area contributed by atoms with Gasteiger partial charge in [-0.25, -0.2) is 0 Å². The van der Waals surface area contributed by atoms with Crippen LogP contribution in [-0.2, 0) is 0 Å². The van der Waals surface area contributed by atoms with E-state index in [9.17, 15) is 4.79 Å². The fraction of sp³-hybridized carbons (Fsp3) is 0.409. The van der Waals surface area contributed by atoms with E-state index in [-0.39, 0.29) is 28.9 Å². The minimum Gasteiger partial charge on any atom is -0.489 e. The van der Waals surface area contributed by atoms with Crippen molar-refractivity contribution in [3.05, 3.63) is 58.4 Å². The number of carbonyl (C=O) groups excluding carboxylic acids is 1. The molecule has 1 aromatic heterocycles. The molecule has 0 atom stereocenters. The Morgan fingerprint density at radius 3 is 2.43 bits per heavy atom. The van der Waals surface area contributed by atoms with Gasteiger partial charge in [-0.2, -0.15) is 5.26 Å². The maximum absolute atomic E-state index is 12.7. The van der Waals surface area contributed by atoms with Gasteiger partial charge >= 0.3 is 0 Å². The second kappa shape index (κ2) is 7.10. The zero-order valence-corrected chi connectivity index (χ0v) is 17.5. The lowest BCUT2D eigenvalue weighted by Gasteiger charge is -2.63. The number of amides is 1. The Morgan fingerprint density at radius 1 is 1.21 bits per heavy atom. The van der Waals surface area contributed by atoms with Gasteiger partial charge in [0.15, 0.2) is 0 Å². The summed E-state index contributed by atoms with van der Waals surface area (Å²) in [5, 5.41) is 12.5. The van der Waals surface area contributed by atoms with Crippen LogP contribution in [0.3, 0.4) is 0 Å². The van der Waals surface area contributed by atoms with Crippen LogP contribution in [-0.4, -0.2) is 23.0 Å². The summed E-state index contributed by atoms with van der Waals surface area (Å²) in [5.74, 6) is 0.473. The number of nitrogens with zero attached hydrogens (tertiary/aromatic N) is 2. The molecule has 0 unspecified atom stereocenters. The largest absolute Gasteiger partial charge is 0.489 e. The minimum atomic E-state index is -0.294. The highest BCUT2D eigenvalue weighted by molar-refractivity contribution is 6.31. The lowest BCUT2D eigenvalue weighted by atomic mass is 9.49. The molecule has 1 N–H and O–H groups in total. The van der Waals surface area contributed by atoms with E-state index in [1.807, 2.05) is 19.1 Å². The van der Waals surface area contributed by atoms with Crippen LogP contribution in [0, 0.1) is 29.1 Å². The van der Waals surface area contributed by atoms with Gasteiger partial charge in [-0.05, 0) is 31.2 Å². The highest BCUT2D eigenvalue weighted by Gasteiger charge is 2.64. The van der Waals surface area contributed by atoms with E-state index in [0.29, 0.717) is 21.9 Å². The third kappa shape index (κ3) is 3.45. The normalized spacial score (nSPS) is 21.9. The molecule has 5 nitrogen and oxygen atoms in total. The number of aromatic nitrogens is 1. The number of nitrogens with one attached hydrogen (secondary N) is 1. The number of carbonyl (C=O) groups is 1. The number of hydrogen-bond acceptors (Lipinski definition) is 4. The maximum atomic E-state index is 12.7. The summed E-state index contributed by atoms with van der Waals surface area (Å²) in [7, 11) is 0. The van der Waals surface area contributed by atoms with Crippen molar-refractivity contribution in [1.82, 2.24) is 10.3 Å². The first-order chi connectivity index (χ1) is 13.1. The fourth-order valence-corrected chi connectivity index (χ4v) is 4.63. The van der Waals surface area contributed by atoms with Gasteiger partial charge in [0, 0.05) is 34.8 Å². The average molecular weight is 398 g/mol. The highest BCUT2D eigenvalue weighted by atomic mass is 35.5. The predicted octanol–water partition coefficient (Wildman–Crippen LogP) is 4.53. The number of halogens is 1. The van der Waals surface area contributed by atoms with Gasteiger partial charge in [-0.1, -0.05) is 39.3 Å². The molecule has 1 aliphatic rings. The van der Waals surface area contributed by atoms with Crippen molar-refractivity contribution in [3.63, 3.8) is 0 Å². The molecule has 3 rings (SSSR count). The van der Waals surface area contributed by atoms with Crippen molar-refractivity contribution in [2.24, 2.45) is 10.8 Å². The van der Waals surface area contributed by atoms with Crippen molar-refractivity contribution < 1.29 is 9.53 Å². The summed E-state index contributed by atoms with van der Waals surface area (Å²) < 4.78 is 6.24. The SMILES string of the molecule is Cc1ccc(C(=O)N[C@H]2C(C)(C)[C@H](Oc3ccc(C#N)c(Cl)c3)C2(C)C)cn1. The first-order valence-corrected chi connectivity index (χ1v) is 9.55. The van der Waals surface area contributed by atoms with E-state index in [1.165, 1.54) is 0 Å². The Labute approximate surface area is 170 Å². The molecule has 0 bridgehead atoms. The molecule has 1 aliphatic carbocycles. The van der Waals surface area contributed by atoms with Crippen molar-refractivity contribution in [2.45, 2.75) is 46.8 Å². The molecule has 146 valence electrons. The quantitative estimate of drug-likeness (QED) is 0.822. The summed E-state index contributed by atoms with van der Waals surface area (Å²) in [5.41, 5.74) is 1.24. The Bertz CT molecular complexity index is 929. The monoisotopic (exact) mass is 397 g/mol. The molecular formula is C22H24ClN3O2. The van der Waals surface area contributed by atoms with Crippen molar-refractivity contribution in [1.29, 1.82) is 5.26 Å². The van der Waals surface area contributed by atoms with Gasteiger partial charge in [-0.15, -0.1) is 0 Å². The number of benzene rings is 1. The summed E-state index contributed by atoms with van der Waals surface area (Å²) in [4.78, 5) is 16.9. The van der Waals surface area contributed by atoms with Crippen LogP contribution in [0.2, 0.25) is 5.02 Å². The van der Waals surface area contributed by atoms with Crippen LogP contribution in [0.1, 0.15) is 49.3 Å². The zero-order valence-electron chi connectivity index (χ0n) is 16.7. The summed E-state index contributed by atoms with van der Waals surface area (Å²) in [6.45, 7) is 10.2. The Hall–Kier alpha value is -2.58. The minimum absolute atomic E-state index is 0.0762. The second-order valence-corrected chi connectivity index (χ2v) is 8.90. The Kier molecular flexibility index (Phi) is 5.12. The molecule has 0 aliphatic heterocycles. The number of rotatable bonds is 4. The van der Waals surface area contributed by atoms with E-state index < -0.39 is 0 Å². The molecule has 1 amide bonds. The topological polar surface area (TPSA) is 75.0 Å². The molecule has 0 spiro atoms. The third-order valence-corrected chi connectivity index (χ3v) is 5.92. The fourth-order valence-electron chi connectivity index (χ4n) is 4.41. The highest BCUT2D eigenvalue weighted by Crippen LogP contribution is 2.55. The first kappa shape index (κ1) is 20.2. The van der Waals surface area contributed by atoms with Gasteiger partial charge in [0.1, 0.15) is 17.9 Å². The Morgan fingerprint density at radius 2 is 1.89 bits per heavy atom. The maximum Gasteiger partial charge on any atom is 0.253 e. The standard InChI is InChI=1S/C22H24ClN3O2/c1-13-6-7-15(12-25-13)18(27)26-19-21(2,3)20(22(19,4)5)28-16-9-8-14(11-24)17(23)10-16/h6-10,12,19-20H,1-5H3,(H,26,27)/t19-,20-. The molecule has 28 heavy (non-hydrogen) atoms. The number of aryl methyl sites for hydroxylation is 1. The lowest BCUT2D eigenvalue weighted by molar-refractivity contribution is -0.164. The van der Waals surface area contributed by atoms with Gasteiger partial charge in [0.25, 0.3) is 5.91 Å². The van der Waals surface area contributed by atoms with Gasteiger partial charge < -0.3 is 10.1 Å². The molecule has 0 radical (unpaired) electrons. The number of nitriles is 1. The van der Waals surface area contributed by atoms with Crippen LogP contribution < -0.4 is 10.1 Å². The van der Waals surface area contributed by atoms with Crippen molar-refractivity contribution in [2.75, 3.05) is 0 Å². The van der Waals surface area contributed by atoms with E-state index in [4.69, 9.17) is 21.6 Å².